The van der Waals surface area contributed by atoms with E-state index in [0.717, 1.165) is 19.3 Å². The SMILES string of the molecule is CC(N)CCCC(=O)OC1CCCCC1C. The van der Waals surface area contributed by atoms with Gasteiger partial charge in [0.25, 0.3) is 0 Å². The van der Waals surface area contributed by atoms with Crippen molar-refractivity contribution in [3.8, 4) is 0 Å². The third-order valence-electron chi connectivity index (χ3n) is 3.36. The van der Waals surface area contributed by atoms with E-state index in [1.807, 2.05) is 6.92 Å². The number of hydrogen-bond acceptors (Lipinski definition) is 3. The standard InChI is InChI=1S/C13H25NO2/c1-10-6-3-4-8-12(10)16-13(15)9-5-7-11(2)14/h10-12H,3-9,14H2,1-2H3. The molecule has 3 atom stereocenters. The molecule has 1 saturated carbocycles. The topological polar surface area (TPSA) is 52.3 Å². The highest BCUT2D eigenvalue weighted by Crippen LogP contribution is 2.26. The van der Waals surface area contributed by atoms with Crippen LogP contribution < -0.4 is 5.73 Å². The lowest BCUT2D eigenvalue weighted by atomic mass is 9.88. The fourth-order valence-corrected chi connectivity index (χ4v) is 2.25. The Morgan fingerprint density at radius 3 is 2.75 bits per heavy atom. The van der Waals surface area contributed by atoms with Crippen molar-refractivity contribution in [2.45, 2.75) is 70.9 Å². The average Bonchev–Trinajstić information content (AvgIpc) is 2.21. The Balaban J connectivity index is 2.17. The van der Waals surface area contributed by atoms with E-state index in [2.05, 4.69) is 6.92 Å². The summed E-state index contributed by atoms with van der Waals surface area (Å²) in [6, 6.07) is 0.182. The van der Waals surface area contributed by atoms with Gasteiger partial charge in [-0.25, -0.2) is 0 Å². The van der Waals surface area contributed by atoms with Gasteiger partial charge in [0.05, 0.1) is 0 Å². The quantitative estimate of drug-likeness (QED) is 0.735. The Bertz CT molecular complexity index is 216. The molecule has 0 bridgehead atoms. The zero-order chi connectivity index (χ0) is 12.0. The molecular weight excluding hydrogens is 202 g/mol. The lowest BCUT2D eigenvalue weighted by molar-refractivity contribution is -0.153. The Kier molecular flexibility index (Phi) is 5.81. The number of ether oxygens (including phenoxy) is 1. The molecule has 1 rings (SSSR count). The molecule has 0 spiro atoms. The monoisotopic (exact) mass is 227 g/mol. The summed E-state index contributed by atoms with van der Waals surface area (Å²) >= 11 is 0. The van der Waals surface area contributed by atoms with Crippen molar-refractivity contribution in [3.05, 3.63) is 0 Å². The van der Waals surface area contributed by atoms with Crippen LogP contribution in [0, 0.1) is 5.92 Å². The molecule has 0 aromatic heterocycles. The first-order valence-electron chi connectivity index (χ1n) is 6.54. The van der Waals surface area contributed by atoms with E-state index >= 15 is 0 Å². The van der Waals surface area contributed by atoms with Gasteiger partial charge in [0.2, 0.25) is 0 Å². The van der Waals surface area contributed by atoms with Gasteiger partial charge in [0.1, 0.15) is 6.10 Å². The van der Waals surface area contributed by atoms with Gasteiger partial charge in [-0.1, -0.05) is 13.3 Å². The normalized spacial score (nSPS) is 27.4. The maximum atomic E-state index is 11.6. The van der Waals surface area contributed by atoms with Crippen molar-refractivity contribution in [2.24, 2.45) is 11.7 Å². The highest BCUT2D eigenvalue weighted by atomic mass is 16.5. The Hall–Kier alpha value is -0.570. The van der Waals surface area contributed by atoms with Crippen LogP contribution in [0.2, 0.25) is 0 Å². The van der Waals surface area contributed by atoms with Crippen LogP contribution in [-0.2, 0) is 9.53 Å². The summed E-state index contributed by atoms with van der Waals surface area (Å²) in [6.45, 7) is 4.15. The van der Waals surface area contributed by atoms with Gasteiger partial charge in [-0.2, -0.15) is 0 Å². The number of nitrogens with two attached hydrogens (primary N) is 1. The second-order valence-corrected chi connectivity index (χ2v) is 5.16. The van der Waals surface area contributed by atoms with E-state index in [0.29, 0.717) is 12.3 Å². The molecule has 16 heavy (non-hydrogen) atoms. The average molecular weight is 227 g/mol. The summed E-state index contributed by atoms with van der Waals surface area (Å²) < 4.78 is 5.51. The van der Waals surface area contributed by atoms with Crippen LogP contribution >= 0.6 is 0 Å². The summed E-state index contributed by atoms with van der Waals surface area (Å²) in [6.07, 6.45) is 7.13. The molecule has 0 amide bonds. The molecule has 94 valence electrons. The van der Waals surface area contributed by atoms with Crippen LogP contribution in [0.5, 0.6) is 0 Å². The summed E-state index contributed by atoms with van der Waals surface area (Å²) in [5.74, 6) is 0.491. The largest absolute Gasteiger partial charge is 0.462 e. The van der Waals surface area contributed by atoms with Crippen LogP contribution in [0.4, 0.5) is 0 Å². The number of carbonyl (C=O) groups is 1. The van der Waals surface area contributed by atoms with Crippen molar-refractivity contribution in [3.63, 3.8) is 0 Å². The van der Waals surface area contributed by atoms with Gasteiger partial charge in [-0.15, -0.1) is 0 Å². The smallest absolute Gasteiger partial charge is 0.306 e. The van der Waals surface area contributed by atoms with E-state index < -0.39 is 0 Å². The van der Waals surface area contributed by atoms with Crippen LogP contribution in [0.15, 0.2) is 0 Å². The zero-order valence-electron chi connectivity index (χ0n) is 10.6. The van der Waals surface area contributed by atoms with Crippen molar-refractivity contribution in [1.29, 1.82) is 0 Å². The third kappa shape index (κ3) is 4.97. The van der Waals surface area contributed by atoms with Gasteiger partial charge in [0.15, 0.2) is 0 Å². The Morgan fingerprint density at radius 2 is 2.12 bits per heavy atom. The third-order valence-corrected chi connectivity index (χ3v) is 3.36. The van der Waals surface area contributed by atoms with E-state index in [1.165, 1.54) is 19.3 Å². The van der Waals surface area contributed by atoms with Gasteiger partial charge in [0, 0.05) is 12.5 Å². The van der Waals surface area contributed by atoms with E-state index in [1.54, 1.807) is 0 Å². The van der Waals surface area contributed by atoms with Crippen LogP contribution in [-0.4, -0.2) is 18.1 Å². The van der Waals surface area contributed by atoms with Gasteiger partial charge < -0.3 is 10.5 Å². The number of carbonyl (C=O) groups excluding carboxylic acids is 1. The second-order valence-electron chi connectivity index (χ2n) is 5.16. The first-order valence-corrected chi connectivity index (χ1v) is 6.54. The molecule has 0 radical (unpaired) electrons. The molecule has 0 heterocycles. The molecule has 3 unspecified atom stereocenters. The molecule has 0 aromatic rings. The fraction of sp³-hybridized carbons (Fsp3) is 0.923. The van der Waals surface area contributed by atoms with Crippen LogP contribution in [0.1, 0.15) is 58.8 Å². The maximum absolute atomic E-state index is 11.6. The molecule has 0 aromatic carbocycles. The summed E-state index contributed by atoms with van der Waals surface area (Å²) in [4.78, 5) is 11.6. The van der Waals surface area contributed by atoms with Gasteiger partial charge in [-0.05, 0) is 44.9 Å². The number of rotatable bonds is 5. The predicted octanol–water partition coefficient (Wildman–Crippen LogP) is 2.63. The molecule has 0 saturated heterocycles. The first kappa shape index (κ1) is 13.5. The minimum Gasteiger partial charge on any atom is -0.462 e. The molecular formula is C13H25NO2. The Labute approximate surface area is 98.7 Å². The number of hydrogen-bond donors (Lipinski definition) is 1. The van der Waals surface area contributed by atoms with Crippen molar-refractivity contribution < 1.29 is 9.53 Å². The van der Waals surface area contributed by atoms with E-state index in [9.17, 15) is 4.79 Å². The van der Waals surface area contributed by atoms with Crippen molar-refractivity contribution in [1.82, 2.24) is 0 Å². The molecule has 1 fully saturated rings. The van der Waals surface area contributed by atoms with Crippen molar-refractivity contribution in [2.75, 3.05) is 0 Å². The van der Waals surface area contributed by atoms with Crippen LogP contribution in [0.25, 0.3) is 0 Å². The predicted molar refractivity (Wildman–Crippen MR) is 65.0 cm³/mol. The van der Waals surface area contributed by atoms with E-state index in [-0.39, 0.29) is 18.1 Å². The zero-order valence-corrected chi connectivity index (χ0v) is 10.6. The van der Waals surface area contributed by atoms with Crippen LogP contribution in [0.3, 0.4) is 0 Å². The second kappa shape index (κ2) is 6.89. The highest BCUT2D eigenvalue weighted by molar-refractivity contribution is 5.69. The summed E-state index contributed by atoms with van der Waals surface area (Å²) in [5, 5.41) is 0. The lowest BCUT2D eigenvalue weighted by Gasteiger charge is -2.28. The highest BCUT2D eigenvalue weighted by Gasteiger charge is 2.24. The van der Waals surface area contributed by atoms with E-state index in [4.69, 9.17) is 10.5 Å². The molecule has 3 nitrogen and oxygen atoms in total. The minimum absolute atomic E-state index is 0.0422. The first-order chi connectivity index (χ1) is 7.59. The lowest BCUT2D eigenvalue weighted by Crippen LogP contribution is -2.28. The molecule has 1 aliphatic carbocycles. The molecule has 0 aliphatic heterocycles. The van der Waals surface area contributed by atoms with Crippen molar-refractivity contribution >= 4 is 5.97 Å². The molecule has 3 heteroatoms. The van der Waals surface area contributed by atoms with Gasteiger partial charge in [-0.3, -0.25) is 4.79 Å². The maximum Gasteiger partial charge on any atom is 0.306 e. The molecule has 2 N–H and O–H groups in total. The van der Waals surface area contributed by atoms with Gasteiger partial charge >= 0.3 is 5.97 Å². The molecule has 1 aliphatic rings. The fourth-order valence-electron chi connectivity index (χ4n) is 2.25. The Morgan fingerprint density at radius 1 is 1.44 bits per heavy atom. The minimum atomic E-state index is -0.0422. The summed E-state index contributed by atoms with van der Waals surface area (Å²) in [7, 11) is 0. The summed E-state index contributed by atoms with van der Waals surface area (Å²) in [5.41, 5.74) is 5.63. The number of esters is 1.